The summed E-state index contributed by atoms with van der Waals surface area (Å²) in [5.41, 5.74) is 1.79. The summed E-state index contributed by atoms with van der Waals surface area (Å²) >= 11 is 12.2. The molecular weight excluding hydrogens is 271 g/mol. The summed E-state index contributed by atoms with van der Waals surface area (Å²) in [5.74, 6) is 0.415. The maximum Gasteiger partial charge on any atom is 0.254 e. The molecule has 2 aromatic rings. The lowest BCUT2D eigenvalue weighted by Crippen LogP contribution is -2.15. The molecule has 1 heterocycles. The van der Waals surface area contributed by atoms with E-state index in [1.54, 1.807) is 25.1 Å². The number of H-pyrrole nitrogens is 1. The van der Waals surface area contributed by atoms with Crippen molar-refractivity contribution >= 4 is 23.2 Å². The number of rotatable bonds is 2. The molecule has 3 nitrogen and oxygen atoms in total. The summed E-state index contributed by atoms with van der Waals surface area (Å²) in [6.45, 7) is 3.70. The van der Waals surface area contributed by atoms with Crippen molar-refractivity contribution in [1.29, 1.82) is 0 Å². The molecule has 0 amide bonds. The van der Waals surface area contributed by atoms with Crippen LogP contribution in [0.3, 0.4) is 0 Å². The average molecular weight is 283 g/mol. The third-order valence-electron chi connectivity index (χ3n) is 2.79. The fraction of sp³-hybridized carbons (Fsp3) is 0.231. The minimum absolute atomic E-state index is 0.159. The van der Waals surface area contributed by atoms with Crippen molar-refractivity contribution in [1.82, 2.24) is 9.97 Å². The van der Waals surface area contributed by atoms with Gasteiger partial charge in [-0.25, -0.2) is 4.98 Å². The van der Waals surface area contributed by atoms with Crippen LogP contribution in [0, 0.1) is 6.92 Å². The van der Waals surface area contributed by atoms with Gasteiger partial charge in [0, 0.05) is 5.56 Å². The van der Waals surface area contributed by atoms with Crippen LogP contribution >= 0.6 is 23.2 Å². The maximum absolute atomic E-state index is 11.8. The Morgan fingerprint density at radius 2 is 1.89 bits per heavy atom. The van der Waals surface area contributed by atoms with Crippen molar-refractivity contribution in [2.45, 2.75) is 20.3 Å². The Morgan fingerprint density at radius 3 is 2.44 bits per heavy atom. The molecule has 0 unspecified atom stereocenters. The zero-order valence-corrected chi connectivity index (χ0v) is 11.6. The molecule has 5 heteroatoms. The molecule has 0 spiro atoms. The summed E-state index contributed by atoms with van der Waals surface area (Å²) in [7, 11) is 0. The van der Waals surface area contributed by atoms with Crippen LogP contribution in [0.4, 0.5) is 0 Å². The molecule has 2 rings (SSSR count). The number of hydrogen-bond acceptors (Lipinski definition) is 2. The Morgan fingerprint density at radius 1 is 1.28 bits per heavy atom. The highest BCUT2D eigenvalue weighted by Gasteiger charge is 2.13. The number of nitrogens with zero attached hydrogens (tertiary/aromatic N) is 1. The van der Waals surface area contributed by atoms with Gasteiger partial charge in [-0.15, -0.1) is 0 Å². The number of benzene rings is 1. The predicted molar refractivity (Wildman–Crippen MR) is 74.4 cm³/mol. The van der Waals surface area contributed by atoms with Gasteiger partial charge in [0.1, 0.15) is 5.82 Å². The van der Waals surface area contributed by atoms with Crippen molar-refractivity contribution < 1.29 is 0 Å². The Bertz CT molecular complexity index is 630. The van der Waals surface area contributed by atoms with Gasteiger partial charge in [0.05, 0.1) is 21.3 Å². The summed E-state index contributed by atoms with van der Waals surface area (Å²) < 4.78 is 0. The van der Waals surface area contributed by atoms with Gasteiger partial charge < -0.3 is 4.98 Å². The van der Waals surface area contributed by atoms with Crippen molar-refractivity contribution in [2.75, 3.05) is 0 Å². The third kappa shape index (κ3) is 2.28. The minimum Gasteiger partial charge on any atom is -0.306 e. The standard InChI is InChI=1S/C13H12Cl2N2O/c1-3-10-7(2)13(18)17-12(16-10)11-8(14)5-4-6-9(11)15/h4-6H,3H2,1-2H3,(H,16,17,18). The first-order valence-electron chi connectivity index (χ1n) is 5.58. The van der Waals surface area contributed by atoms with Crippen LogP contribution in [0.25, 0.3) is 11.4 Å². The smallest absolute Gasteiger partial charge is 0.254 e. The first-order valence-corrected chi connectivity index (χ1v) is 6.34. The monoisotopic (exact) mass is 282 g/mol. The Balaban J connectivity index is 2.73. The summed E-state index contributed by atoms with van der Waals surface area (Å²) in [4.78, 5) is 19.0. The van der Waals surface area contributed by atoms with Gasteiger partial charge in [-0.1, -0.05) is 36.2 Å². The second-order valence-electron chi connectivity index (χ2n) is 3.94. The number of aromatic amines is 1. The van der Waals surface area contributed by atoms with E-state index >= 15 is 0 Å². The van der Waals surface area contributed by atoms with Gasteiger partial charge in [0.2, 0.25) is 0 Å². The maximum atomic E-state index is 11.8. The van der Waals surface area contributed by atoms with Gasteiger partial charge in [0.25, 0.3) is 5.56 Å². The number of nitrogens with one attached hydrogen (secondary N) is 1. The lowest BCUT2D eigenvalue weighted by atomic mass is 10.1. The largest absolute Gasteiger partial charge is 0.306 e. The van der Waals surface area contributed by atoms with E-state index in [4.69, 9.17) is 23.2 Å². The topological polar surface area (TPSA) is 45.8 Å². The van der Waals surface area contributed by atoms with E-state index in [9.17, 15) is 4.79 Å². The Hall–Kier alpha value is -1.32. The molecule has 1 aromatic carbocycles. The fourth-order valence-corrected chi connectivity index (χ4v) is 2.34. The summed E-state index contributed by atoms with van der Waals surface area (Å²) in [6.07, 6.45) is 0.685. The van der Waals surface area contributed by atoms with E-state index in [1.165, 1.54) is 0 Å². The van der Waals surface area contributed by atoms with Crippen LogP contribution in [0.15, 0.2) is 23.0 Å². The number of aryl methyl sites for hydroxylation is 1. The molecule has 1 aromatic heterocycles. The molecule has 0 radical (unpaired) electrons. The highest BCUT2D eigenvalue weighted by atomic mass is 35.5. The zero-order chi connectivity index (χ0) is 13.3. The molecule has 0 saturated carbocycles. The average Bonchev–Trinajstić information content (AvgIpc) is 2.33. The highest BCUT2D eigenvalue weighted by molar-refractivity contribution is 6.38. The van der Waals surface area contributed by atoms with Crippen LogP contribution in [0.5, 0.6) is 0 Å². The normalized spacial score (nSPS) is 10.7. The fourth-order valence-electron chi connectivity index (χ4n) is 1.77. The van der Waals surface area contributed by atoms with Crippen molar-refractivity contribution in [3.05, 3.63) is 49.9 Å². The van der Waals surface area contributed by atoms with Gasteiger partial charge in [-0.3, -0.25) is 4.79 Å². The molecule has 0 bridgehead atoms. The number of halogens is 2. The minimum atomic E-state index is -0.159. The summed E-state index contributed by atoms with van der Waals surface area (Å²) in [5, 5.41) is 0.938. The van der Waals surface area contributed by atoms with Gasteiger partial charge >= 0.3 is 0 Å². The molecule has 94 valence electrons. The van der Waals surface area contributed by atoms with Crippen LogP contribution < -0.4 is 5.56 Å². The van der Waals surface area contributed by atoms with E-state index in [0.717, 1.165) is 5.69 Å². The molecule has 0 aliphatic rings. The molecule has 18 heavy (non-hydrogen) atoms. The van der Waals surface area contributed by atoms with Crippen LogP contribution in [-0.2, 0) is 6.42 Å². The van der Waals surface area contributed by atoms with E-state index in [2.05, 4.69) is 9.97 Å². The van der Waals surface area contributed by atoms with E-state index in [1.807, 2.05) is 6.92 Å². The van der Waals surface area contributed by atoms with Crippen LogP contribution in [0.2, 0.25) is 10.0 Å². The van der Waals surface area contributed by atoms with Crippen molar-refractivity contribution in [3.63, 3.8) is 0 Å². The molecule has 0 fully saturated rings. The molecule has 0 atom stereocenters. The van der Waals surface area contributed by atoms with Crippen molar-refractivity contribution in [3.8, 4) is 11.4 Å². The molecular formula is C13H12Cl2N2O. The SMILES string of the molecule is CCc1nc(-c2c(Cl)cccc2Cl)[nH]c(=O)c1C. The third-order valence-corrected chi connectivity index (χ3v) is 3.42. The van der Waals surface area contributed by atoms with Gasteiger partial charge in [0.15, 0.2) is 0 Å². The van der Waals surface area contributed by atoms with E-state index < -0.39 is 0 Å². The first kappa shape index (κ1) is 13.1. The highest BCUT2D eigenvalue weighted by Crippen LogP contribution is 2.32. The number of hydrogen-bond donors (Lipinski definition) is 1. The Kier molecular flexibility index (Phi) is 3.73. The second-order valence-corrected chi connectivity index (χ2v) is 4.75. The zero-order valence-electron chi connectivity index (χ0n) is 10.1. The quantitative estimate of drug-likeness (QED) is 0.915. The van der Waals surface area contributed by atoms with Crippen LogP contribution in [0.1, 0.15) is 18.2 Å². The van der Waals surface area contributed by atoms with Gasteiger partial charge in [-0.05, 0) is 25.5 Å². The predicted octanol–water partition coefficient (Wildman–Crippen LogP) is 3.61. The van der Waals surface area contributed by atoms with E-state index in [0.29, 0.717) is 33.4 Å². The molecule has 1 N–H and O–H groups in total. The lowest BCUT2D eigenvalue weighted by molar-refractivity contribution is 0.955. The van der Waals surface area contributed by atoms with Gasteiger partial charge in [-0.2, -0.15) is 0 Å². The molecule has 0 aliphatic carbocycles. The van der Waals surface area contributed by atoms with Crippen molar-refractivity contribution in [2.24, 2.45) is 0 Å². The Labute approximate surface area is 115 Å². The second kappa shape index (κ2) is 5.12. The summed E-state index contributed by atoms with van der Waals surface area (Å²) in [6, 6.07) is 5.18. The van der Waals surface area contributed by atoms with E-state index in [-0.39, 0.29) is 5.56 Å². The van der Waals surface area contributed by atoms with Crippen LogP contribution in [-0.4, -0.2) is 9.97 Å². The molecule has 0 saturated heterocycles. The lowest BCUT2D eigenvalue weighted by Gasteiger charge is -2.09. The first-order chi connectivity index (χ1) is 8.54. The molecule has 0 aliphatic heterocycles. The number of aromatic nitrogens is 2.